The van der Waals surface area contributed by atoms with E-state index in [0.717, 1.165) is 18.5 Å². The smallest absolute Gasteiger partial charge is 0.293 e. The normalized spacial score (nSPS) is 17.2. The van der Waals surface area contributed by atoms with E-state index in [-0.39, 0.29) is 23.5 Å². The first-order chi connectivity index (χ1) is 12.1. The first kappa shape index (κ1) is 15.6. The maximum atomic E-state index is 13.0. The minimum atomic E-state index is -0.327. The Kier molecular flexibility index (Phi) is 3.83. The number of nitrogens with zero attached hydrogens (tertiary/aromatic N) is 3. The van der Waals surface area contributed by atoms with Gasteiger partial charge in [-0.3, -0.25) is 4.79 Å². The van der Waals surface area contributed by atoms with Crippen molar-refractivity contribution in [3.8, 4) is 11.3 Å². The third-order valence-corrected chi connectivity index (χ3v) is 4.36. The molecular weight excluding hydrogens is 325 g/mol. The number of hydrogen-bond donors (Lipinski definition) is 0. The number of rotatable bonds is 3. The first-order valence-electron chi connectivity index (χ1n) is 8.08. The van der Waals surface area contributed by atoms with Crippen LogP contribution < -0.4 is 0 Å². The molecule has 2 aromatic heterocycles. The molecule has 1 aliphatic heterocycles. The number of likely N-dealkylation sites (tertiary alicyclic amines) is 1. The molecule has 0 aliphatic carbocycles. The van der Waals surface area contributed by atoms with Gasteiger partial charge in [0.2, 0.25) is 5.76 Å². The monoisotopic (exact) mass is 341 g/mol. The van der Waals surface area contributed by atoms with Crippen LogP contribution in [0, 0.1) is 12.7 Å². The van der Waals surface area contributed by atoms with Gasteiger partial charge in [0.15, 0.2) is 0 Å². The highest BCUT2D eigenvalue weighted by atomic mass is 19.1. The molecule has 7 heteroatoms. The van der Waals surface area contributed by atoms with Gasteiger partial charge in [0, 0.05) is 24.2 Å². The molecule has 0 spiro atoms. The number of halogens is 1. The summed E-state index contributed by atoms with van der Waals surface area (Å²) in [6, 6.07) is 9.18. The fraction of sp³-hybridized carbons (Fsp3) is 0.278. The molecule has 128 valence electrons. The van der Waals surface area contributed by atoms with Gasteiger partial charge in [0.1, 0.15) is 23.0 Å². The molecule has 0 bridgehead atoms. The van der Waals surface area contributed by atoms with Crippen molar-refractivity contribution in [2.45, 2.75) is 25.8 Å². The number of amides is 1. The van der Waals surface area contributed by atoms with E-state index in [4.69, 9.17) is 9.05 Å². The standard InChI is InChI=1S/C18H16FN3O3/c1-11-9-15(21-24-11)16-3-2-8-22(16)18(23)17-10-14(20-25-17)12-4-6-13(19)7-5-12/h4-7,9-10,16H,2-3,8H2,1H3/t16-/m0/s1. The van der Waals surface area contributed by atoms with E-state index in [1.165, 1.54) is 12.1 Å². The van der Waals surface area contributed by atoms with Crippen LogP contribution in [0.1, 0.15) is 40.9 Å². The van der Waals surface area contributed by atoms with Crippen molar-refractivity contribution < 1.29 is 18.2 Å². The van der Waals surface area contributed by atoms with E-state index in [9.17, 15) is 9.18 Å². The maximum Gasteiger partial charge on any atom is 0.293 e. The van der Waals surface area contributed by atoms with Gasteiger partial charge in [-0.2, -0.15) is 0 Å². The molecule has 1 amide bonds. The van der Waals surface area contributed by atoms with Gasteiger partial charge in [0.05, 0.1) is 6.04 Å². The second kappa shape index (κ2) is 6.16. The molecule has 0 radical (unpaired) electrons. The van der Waals surface area contributed by atoms with Crippen molar-refractivity contribution in [2.75, 3.05) is 6.54 Å². The quantitative estimate of drug-likeness (QED) is 0.725. The van der Waals surface area contributed by atoms with Crippen molar-refractivity contribution in [3.63, 3.8) is 0 Å². The second-order valence-corrected chi connectivity index (χ2v) is 6.10. The number of carbonyl (C=O) groups excluding carboxylic acids is 1. The lowest BCUT2D eigenvalue weighted by Gasteiger charge is -2.21. The van der Waals surface area contributed by atoms with Crippen molar-refractivity contribution in [3.05, 3.63) is 59.4 Å². The summed E-state index contributed by atoms with van der Waals surface area (Å²) in [6.07, 6.45) is 1.72. The van der Waals surface area contributed by atoms with Crippen LogP contribution in [-0.4, -0.2) is 27.7 Å². The molecule has 3 heterocycles. The lowest BCUT2D eigenvalue weighted by molar-refractivity contribution is 0.0688. The Hall–Kier alpha value is -2.96. The SMILES string of the molecule is Cc1cc([C@@H]2CCCN2C(=O)c2cc(-c3ccc(F)cc3)no2)no1. The Morgan fingerprint density at radius 2 is 2.00 bits per heavy atom. The molecule has 1 aromatic carbocycles. The summed E-state index contributed by atoms with van der Waals surface area (Å²) in [4.78, 5) is 14.5. The van der Waals surface area contributed by atoms with E-state index in [2.05, 4.69) is 10.3 Å². The predicted molar refractivity (Wildman–Crippen MR) is 86.1 cm³/mol. The van der Waals surface area contributed by atoms with Gasteiger partial charge < -0.3 is 13.9 Å². The van der Waals surface area contributed by atoms with E-state index in [1.54, 1.807) is 23.1 Å². The average Bonchev–Trinajstić information content (AvgIpc) is 3.35. The Morgan fingerprint density at radius 3 is 2.72 bits per heavy atom. The number of aromatic nitrogens is 2. The van der Waals surface area contributed by atoms with Gasteiger partial charge in [-0.25, -0.2) is 4.39 Å². The Morgan fingerprint density at radius 1 is 1.20 bits per heavy atom. The molecule has 0 unspecified atom stereocenters. The van der Waals surface area contributed by atoms with Crippen molar-refractivity contribution in [1.29, 1.82) is 0 Å². The molecule has 1 saturated heterocycles. The van der Waals surface area contributed by atoms with E-state index in [0.29, 0.717) is 23.6 Å². The number of hydrogen-bond acceptors (Lipinski definition) is 5. The Labute approximate surface area is 143 Å². The maximum absolute atomic E-state index is 13.0. The molecule has 4 rings (SSSR count). The zero-order chi connectivity index (χ0) is 17.4. The molecule has 0 N–H and O–H groups in total. The number of benzene rings is 1. The number of carbonyl (C=O) groups is 1. The van der Waals surface area contributed by atoms with Gasteiger partial charge in [0.25, 0.3) is 5.91 Å². The van der Waals surface area contributed by atoms with Crippen LogP contribution >= 0.6 is 0 Å². The first-order valence-corrected chi connectivity index (χ1v) is 8.08. The van der Waals surface area contributed by atoms with E-state index >= 15 is 0 Å². The molecule has 25 heavy (non-hydrogen) atoms. The van der Waals surface area contributed by atoms with Gasteiger partial charge in [-0.05, 0) is 44.0 Å². The van der Waals surface area contributed by atoms with Crippen LogP contribution in [0.3, 0.4) is 0 Å². The highest BCUT2D eigenvalue weighted by Crippen LogP contribution is 2.33. The molecule has 3 aromatic rings. The summed E-state index contributed by atoms with van der Waals surface area (Å²) in [6.45, 7) is 2.45. The van der Waals surface area contributed by atoms with Gasteiger partial charge in [-0.15, -0.1) is 0 Å². The molecule has 0 saturated carbocycles. The van der Waals surface area contributed by atoms with Gasteiger partial charge >= 0.3 is 0 Å². The lowest BCUT2D eigenvalue weighted by atomic mass is 10.1. The molecule has 1 atom stereocenters. The number of aryl methyl sites for hydroxylation is 1. The van der Waals surface area contributed by atoms with Crippen LogP contribution in [0.2, 0.25) is 0 Å². The highest BCUT2D eigenvalue weighted by Gasteiger charge is 2.34. The van der Waals surface area contributed by atoms with Crippen LogP contribution in [0.5, 0.6) is 0 Å². The summed E-state index contributed by atoms with van der Waals surface area (Å²) >= 11 is 0. The van der Waals surface area contributed by atoms with Crippen LogP contribution in [0.15, 0.2) is 45.4 Å². The Balaban J connectivity index is 1.57. The topological polar surface area (TPSA) is 72.4 Å². The summed E-state index contributed by atoms with van der Waals surface area (Å²) in [5.41, 5.74) is 1.94. The van der Waals surface area contributed by atoms with Crippen LogP contribution in [0.25, 0.3) is 11.3 Å². The fourth-order valence-electron chi connectivity index (χ4n) is 3.13. The average molecular weight is 341 g/mol. The summed E-state index contributed by atoms with van der Waals surface area (Å²) in [5, 5.41) is 7.97. The van der Waals surface area contributed by atoms with Crippen molar-refractivity contribution >= 4 is 5.91 Å². The van der Waals surface area contributed by atoms with Crippen molar-refractivity contribution in [2.24, 2.45) is 0 Å². The largest absolute Gasteiger partial charge is 0.361 e. The molecule has 1 aliphatic rings. The van der Waals surface area contributed by atoms with Crippen LogP contribution in [-0.2, 0) is 0 Å². The van der Waals surface area contributed by atoms with E-state index < -0.39 is 0 Å². The summed E-state index contributed by atoms with van der Waals surface area (Å²) in [5.74, 6) is 0.314. The minimum absolute atomic E-state index is 0.121. The molecule has 1 fully saturated rings. The third-order valence-electron chi connectivity index (χ3n) is 4.36. The van der Waals surface area contributed by atoms with Crippen molar-refractivity contribution in [1.82, 2.24) is 15.2 Å². The third kappa shape index (κ3) is 2.93. The zero-order valence-corrected chi connectivity index (χ0v) is 13.6. The zero-order valence-electron chi connectivity index (χ0n) is 13.6. The minimum Gasteiger partial charge on any atom is -0.361 e. The lowest BCUT2D eigenvalue weighted by Crippen LogP contribution is -2.30. The fourth-order valence-corrected chi connectivity index (χ4v) is 3.13. The van der Waals surface area contributed by atoms with Gasteiger partial charge in [-0.1, -0.05) is 10.3 Å². The van der Waals surface area contributed by atoms with E-state index in [1.807, 2.05) is 13.0 Å². The Bertz CT molecular complexity index is 900. The van der Waals surface area contributed by atoms with Crippen LogP contribution in [0.4, 0.5) is 4.39 Å². The summed E-state index contributed by atoms with van der Waals surface area (Å²) < 4.78 is 23.4. The second-order valence-electron chi connectivity index (χ2n) is 6.10. The molecule has 6 nitrogen and oxygen atoms in total. The highest BCUT2D eigenvalue weighted by molar-refractivity contribution is 5.92. The molecular formula is C18H16FN3O3. The summed E-state index contributed by atoms with van der Waals surface area (Å²) in [7, 11) is 0. The predicted octanol–water partition coefficient (Wildman–Crippen LogP) is 3.75.